The maximum absolute atomic E-state index is 13.4. The molecule has 0 bridgehead atoms. The largest absolute Gasteiger partial charge is 0.545 e. The van der Waals surface area contributed by atoms with E-state index in [0.29, 0.717) is 37.8 Å². The Kier molecular flexibility index (Phi) is 7.43. The van der Waals surface area contributed by atoms with E-state index in [1.165, 1.54) is 38.1 Å². The van der Waals surface area contributed by atoms with E-state index in [2.05, 4.69) is 4.99 Å². The Labute approximate surface area is 211 Å². The van der Waals surface area contributed by atoms with Crippen LogP contribution in [0.2, 0.25) is 5.02 Å². The number of carbonyl (C=O) groups is 2. The van der Waals surface area contributed by atoms with E-state index in [4.69, 9.17) is 21.1 Å². The zero-order valence-corrected chi connectivity index (χ0v) is 20.4. The van der Waals surface area contributed by atoms with E-state index in [1.807, 2.05) is 30.3 Å². The van der Waals surface area contributed by atoms with Gasteiger partial charge in [-0.3, -0.25) is 9.69 Å². The molecule has 0 N–H and O–H groups in total. The van der Waals surface area contributed by atoms with Crippen LogP contribution in [0.25, 0.3) is 6.08 Å². The van der Waals surface area contributed by atoms with E-state index >= 15 is 0 Å². The molecule has 0 radical (unpaired) electrons. The third-order valence-electron chi connectivity index (χ3n) is 5.19. The Morgan fingerprint density at radius 2 is 1.71 bits per heavy atom. The molecule has 1 amide bonds. The minimum atomic E-state index is -1.26. The van der Waals surface area contributed by atoms with Gasteiger partial charge in [-0.25, -0.2) is 4.99 Å². The monoisotopic (exact) mass is 507 g/mol. The van der Waals surface area contributed by atoms with Crippen LogP contribution in [0, 0.1) is 0 Å². The van der Waals surface area contributed by atoms with Crippen molar-refractivity contribution in [3.05, 3.63) is 93.3 Å². The minimum absolute atomic E-state index is 0.0673. The van der Waals surface area contributed by atoms with Crippen LogP contribution in [0.4, 0.5) is 5.69 Å². The van der Waals surface area contributed by atoms with Gasteiger partial charge in [0.05, 0.1) is 42.3 Å². The summed E-state index contributed by atoms with van der Waals surface area (Å²) in [5.74, 6) is -0.535. The average Bonchev–Trinajstić information content (AvgIpc) is 3.14. The summed E-state index contributed by atoms with van der Waals surface area (Å²) in [5.41, 5.74) is 2.11. The normalized spacial score (nSPS) is 15.6. The molecule has 4 rings (SSSR count). The molecule has 0 unspecified atom stereocenters. The van der Waals surface area contributed by atoms with Gasteiger partial charge >= 0.3 is 0 Å². The van der Waals surface area contributed by atoms with Crippen molar-refractivity contribution in [2.24, 2.45) is 4.99 Å². The molecule has 3 aromatic rings. The van der Waals surface area contributed by atoms with Crippen molar-refractivity contribution in [3.63, 3.8) is 0 Å². The first-order chi connectivity index (χ1) is 16.9. The van der Waals surface area contributed by atoms with E-state index in [1.54, 1.807) is 35.2 Å². The highest BCUT2D eigenvalue weighted by atomic mass is 35.5. The van der Waals surface area contributed by atoms with Gasteiger partial charge in [-0.05, 0) is 52.7 Å². The van der Waals surface area contributed by atoms with Crippen molar-refractivity contribution in [2.75, 3.05) is 14.2 Å². The zero-order chi connectivity index (χ0) is 24.9. The lowest BCUT2D eigenvalue weighted by molar-refractivity contribution is -0.255. The number of aromatic carboxylic acids is 1. The molecule has 1 fully saturated rings. The molecule has 1 aliphatic rings. The summed E-state index contributed by atoms with van der Waals surface area (Å²) in [4.78, 5) is 31.1. The Hall–Kier alpha value is -3.75. The van der Waals surface area contributed by atoms with Crippen LogP contribution in [0.1, 0.15) is 21.5 Å². The number of para-hydroxylation sites is 1. The molecular formula is C26H20ClN2O5S-. The molecule has 7 nitrogen and oxygen atoms in total. The number of carboxylic acid groups (broad SMARTS) is 1. The fraction of sp³-hybridized carbons (Fsp3) is 0.115. The minimum Gasteiger partial charge on any atom is -0.545 e. The zero-order valence-electron chi connectivity index (χ0n) is 18.9. The Bertz CT molecular complexity index is 1320. The van der Waals surface area contributed by atoms with Crippen LogP contribution in [0.15, 0.2) is 76.6 Å². The summed E-state index contributed by atoms with van der Waals surface area (Å²) >= 11 is 7.67. The molecule has 1 aliphatic heterocycles. The van der Waals surface area contributed by atoms with Crippen LogP contribution >= 0.6 is 23.4 Å². The Morgan fingerprint density at radius 1 is 1.06 bits per heavy atom. The first-order valence-corrected chi connectivity index (χ1v) is 11.7. The molecule has 35 heavy (non-hydrogen) atoms. The highest BCUT2D eigenvalue weighted by molar-refractivity contribution is 8.18. The van der Waals surface area contributed by atoms with Crippen molar-refractivity contribution >= 4 is 52.2 Å². The van der Waals surface area contributed by atoms with Gasteiger partial charge in [-0.2, -0.15) is 0 Å². The van der Waals surface area contributed by atoms with Crippen molar-refractivity contribution < 1.29 is 24.2 Å². The fourth-order valence-corrected chi connectivity index (χ4v) is 4.59. The number of ether oxygens (including phenoxy) is 2. The third kappa shape index (κ3) is 5.50. The molecule has 0 saturated carbocycles. The van der Waals surface area contributed by atoms with Gasteiger partial charge in [0.1, 0.15) is 0 Å². The van der Waals surface area contributed by atoms with E-state index in [9.17, 15) is 14.7 Å². The lowest BCUT2D eigenvalue weighted by atomic mass is 10.1. The second kappa shape index (κ2) is 10.7. The fourth-order valence-electron chi connectivity index (χ4n) is 3.39. The van der Waals surface area contributed by atoms with Crippen molar-refractivity contribution in [3.8, 4) is 11.5 Å². The molecule has 0 aromatic heterocycles. The van der Waals surface area contributed by atoms with Gasteiger partial charge in [0.15, 0.2) is 16.7 Å². The van der Waals surface area contributed by atoms with E-state index in [0.717, 1.165) is 5.56 Å². The number of benzene rings is 3. The van der Waals surface area contributed by atoms with Crippen LogP contribution in [0.3, 0.4) is 0 Å². The number of amidine groups is 1. The van der Waals surface area contributed by atoms with Gasteiger partial charge in [-0.1, -0.05) is 54.1 Å². The average molecular weight is 508 g/mol. The van der Waals surface area contributed by atoms with Crippen molar-refractivity contribution in [1.29, 1.82) is 0 Å². The molecule has 0 aliphatic carbocycles. The van der Waals surface area contributed by atoms with Crippen LogP contribution in [-0.2, 0) is 11.3 Å². The number of amides is 1. The third-order valence-corrected chi connectivity index (χ3v) is 6.52. The first kappa shape index (κ1) is 24.4. The summed E-state index contributed by atoms with van der Waals surface area (Å²) in [6, 6.07) is 18.8. The molecule has 0 atom stereocenters. The van der Waals surface area contributed by atoms with Crippen molar-refractivity contribution in [1.82, 2.24) is 4.90 Å². The Morgan fingerprint density at radius 3 is 2.34 bits per heavy atom. The lowest BCUT2D eigenvalue weighted by Gasteiger charge is -2.16. The first-order valence-electron chi connectivity index (χ1n) is 10.5. The van der Waals surface area contributed by atoms with Gasteiger partial charge in [0, 0.05) is 6.07 Å². The van der Waals surface area contributed by atoms with Crippen molar-refractivity contribution in [2.45, 2.75) is 6.54 Å². The summed E-state index contributed by atoms with van der Waals surface area (Å²) in [7, 11) is 3.04. The second-order valence-electron chi connectivity index (χ2n) is 7.44. The number of methoxy groups -OCH3 is 2. The van der Waals surface area contributed by atoms with Crippen LogP contribution in [-0.4, -0.2) is 36.2 Å². The van der Waals surface area contributed by atoms with Crippen LogP contribution in [0.5, 0.6) is 11.5 Å². The van der Waals surface area contributed by atoms with Gasteiger partial charge in [-0.15, -0.1) is 0 Å². The number of carboxylic acids is 1. The van der Waals surface area contributed by atoms with Gasteiger partial charge in [0.2, 0.25) is 0 Å². The van der Waals surface area contributed by atoms with E-state index < -0.39 is 5.97 Å². The number of aliphatic imine (C=N–C) groups is 1. The molecule has 3 aromatic carbocycles. The maximum Gasteiger partial charge on any atom is 0.267 e. The van der Waals surface area contributed by atoms with Gasteiger partial charge in [0.25, 0.3) is 5.91 Å². The molecule has 9 heteroatoms. The molecule has 1 heterocycles. The number of halogens is 1. The van der Waals surface area contributed by atoms with E-state index in [-0.39, 0.29) is 18.0 Å². The summed E-state index contributed by atoms with van der Waals surface area (Å²) in [6.45, 7) is 0.210. The quantitative estimate of drug-likeness (QED) is 0.436. The highest BCUT2D eigenvalue weighted by Gasteiger charge is 2.33. The standard InChI is InChI=1S/C26H21ClN2O5S/c1-33-21-12-18(20(27)14-22(21)34-2)13-23-24(30)29(15-16-8-10-17(11-9-16)25(31)32)26(35-23)28-19-6-4-3-5-7-19/h3-14H,15H2,1-2H3,(H,31,32)/p-1/b23-13+,28-26?. The molecule has 178 valence electrons. The number of rotatable bonds is 7. The van der Waals surface area contributed by atoms with Gasteiger partial charge < -0.3 is 19.4 Å². The molecule has 1 saturated heterocycles. The summed E-state index contributed by atoms with van der Waals surface area (Å²) < 4.78 is 10.6. The number of carbonyl (C=O) groups excluding carboxylic acids is 2. The number of hydrogen-bond acceptors (Lipinski definition) is 7. The number of hydrogen-bond donors (Lipinski definition) is 0. The molecule has 0 spiro atoms. The Balaban J connectivity index is 1.71. The molecular weight excluding hydrogens is 488 g/mol. The summed E-state index contributed by atoms with van der Waals surface area (Å²) in [6.07, 6.45) is 1.69. The number of nitrogens with zero attached hydrogens (tertiary/aromatic N) is 2. The second-order valence-corrected chi connectivity index (χ2v) is 8.86. The predicted molar refractivity (Wildman–Crippen MR) is 135 cm³/mol. The highest BCUT2D eigenvalue weighted by Crippen LogP contribution is 2.39. The van der Waals surface area contributed by atoms with Crippen LogP contribution < -0.4 is 14.6 Å². The lowest BCUT2D eigenvalue weighted by Crippen LogP contribution is -2.28. The number of thioether (sulfide) groups is 1. The topological polar surface area (TPSA) is 91.3 Å². The predicted octanol–water partition coefficient (Wildman–Crippen LogP) is 4.52. The smallest absolute Gasteiger partial charge is 0.267 e. The summed E-state index contributed by atoms with van der Waals surface area (Å²) in [5, 5.41) is 12.0. The SMILES string of the molecule is COc1cc(Cl)c(/C=C2/SC(=Nc3ccccc3)N(Cc3ccc(C(=O)[O-])cc3)C2=O)cc1OC. The maximum atomic E-state index is 13.4.